The van der Waals surface area contributed by atoms with Crippen LogP contribution >= 0.6 is 0 Å². The molecular formula is C16H11F4N3O3S. The van der Waals surface area contributed by atoms with E-state index in [0.29, 0.717) is 5.56 Å². The molecule has 0 fully saturated rings. The average molecular weight is 401 g/mol. The van der Waals surface area contributed by atoms with E-state index in [1.54, 1.807) is 6.92 Å². The summed E-state index contributed by atoms with van der Waals surface area (Å²) >= 11 is 0. The van der Waals surface area contributed by atoms with E-state index in [-0.39, 0.29) is 5.69 Å². The first-order chi connectivity index (χ1) is 12.5. The van der Waals surface area contributed by atoms with Gasteiger partial charge in [0.15, 0.2) is 0 Å². The lowest BCUT2D eigenvalue weighted by molar-refractivity contribution is -0.0707. The van der Waals surface area contributed by atoms with Gasteiger partial charge in [-0.1, -0.05) is 17.7 Å². The molecule has 0 spiro atoms. The molecule has 0 aliphatic heterocycles. The number of nitrogens with one attached hydrogen (secondary N) is 1. The van der Waals surface area contributed by atoms with Crippen molar-refractivity contribution in [2.24, 2.45) is 5.10 Å². The van der Waals surface area contributed by atoms with Gasteiger partial charge >= 0.3 is 22.2 Å². The van der Waals surface area contributed by atoms with Crippen LogP contribution in [0.5, 0.6) is 0 Å². The Hall–Kier alpha value is -3.13. The Morgan fingerprint density at radius 3 is 2.37 bits per heavy atom. The van der Waals surface area contributed by atoms with E-state index < -0.39 is 38.5 Å². The van der Waals surface area contributed by atoms with Crippen molar-refractivity contribution < 1.29 is 30.2 Å². The molecular weight excluding hydrogens is 390 g/mol. The fourth-order valence-corrected chi connectivity index (χ4v) is 2.69. The summed E-state index contributed by atoms with van der Waals surface area (Å²) in [7, 11) is -4.79. The largest absolute Gasteiger partial charge is 0.471 e. The summed E-state index contributed by atoms with van der Waals surface area (Å²) in [6, 6.07) is 9.22. The van der Waals surface area contributed by atoms with Gasteiger partial charge in [0.2, 0.25) is 0 Å². The quantitative estimate of drug-likeness (QED) is 0.277. The van der Waals surface area contributed by atoms with Gasteiger partial charge in [-0.15, -0.1) is 5.10 Å². The lowest BCUT2D eigenvalue weighted by atomic mass is 10.2. The number of anilines is 1. The second-order valence-corrected chi connectivity index (χ2v) is 6.73. The van der Waals surface area contributed by atoms with Crippen LogP contribution in [-0.4, -0.2) is 20.5 Å². The SMILES string of the molecule is Cc1ccc(S(=O)(=O)O/C(=N\Nc2ccc(F)c(C#N)c2)C(F)(F)F)cc1. The molecule has 2 aromatic rings. The third kappa shape index (κ3) is 5.18. The van der Waals surface area contributed by atoms with Gasteiger partial charge in [-0.3, -0.25) is 5.43 Å². The van der Waals surface area contributed by atoms with Crippen LogP contribution in [0.25, 0.3) is 0 Å². The Balaban J connectivity index is 2.32. The molecule has 0 aliphatic carbocycles. The van der Waals surface area contributed by atoms with E-state index in [9.17, 15) is 26.0 Å². The third-order valence-corrected chi connectivity index (χ3v) is 4.34. The normalized spacial score (nSPS) is 12.4. The standard InChI is InChI=1S/C16H11F4N3O3S/c1-10-2-5-13(6-3-10)27(24,25)26-15(16(18,19)20)23-22-12-4-7-14(17)11(8-12)9-21/h2-8,22H,1H3/b23-15-. The van der Waals surface area contributed by atoms with E-state index in [2.05, 4.69) is 9.28 Å². The summed E-state index contributed by atoms with van der Waals surface area (Å²) in [6.45, 7) is 1.67. The molecule has 0 amide bonds. The Morgan fingerprint density at radius 1 is 1.19 bits per heavy atom. The van der Waals surface area contributed by atoms with Crippen molar-refractivity contribution in [1.82, 2.24) is 0 Å². The highest BCUT2D eigenvalue weighted by Crippen LogP contribution is 2.23. The lowest BCUT2D eigenvalue weighted by Crippen LogP contribution is -2.29. The van der Waals surface area contributed by atoms with Crippen molar-refractivity contribution in [3.05, 3.63) is 59.4 Å². The monoisotopic (exact) mass is 401 g/mol. The zero-order chi connectivity index (χ0) is 20.2. The number of hydrazone groups is 1. The van der Waals surface area contributed by atoms with Crippen LogP contribution in [0.4, 0.5) is 23.2 Å². The molecule has 27 heavy (non-hydrogen) atoms. The number of alkyl halides is 3. The van der Waals surface area contributed by atoms with Gasteiger partial charge in [-0.2, -0.15) is 26.9 Å². The van der Waals surface area contributed by atoms with Gasteiger partial charge in [-0.05, 0) is 37.3 Å². The molecule has 2 rings (SSSR count). The van der Waals surface area contributed by atoms with Crippen LogP contribution in [0.15, 0.2) is 52.5 Å². The summed E-state index contributed by atoms with van der Waals surface area (Å²) in [5, 5.41) is 11.6. The first kappa shape index (κ1) is 20.2. The van der Waals surface area contributed by atoms with Crippen molar-refractivity contribution in [3.63, 3.8) is 0 Å². The lowest BCUT2D eigenvalue weighted by Gasteiger charge is -2.12. The van der Waals surface area contributed by atoms with E-state index in [0.717, 1.165) is 30.3 Å². The van der Waals surface area contributed by atoms with Crippen LogP contribution in [0, 0.1) is 24.1 Å². The molecule has 11 heteroatoms. The highest BCUT2D eigenvalue weighted by Gasteiger charge is 2.42. The van der Waals surface area contributed by atoms with Gasteiger partial charge in [0.1, 0.15) is 16.8 Å². The zero-order valence-corrected chi connectivity index (χ0v) is 14.4. The number of nitriles is 1. The van der Waals surface area contributed by atoms with Crippen molar-refractivity contribution in [2.75, 3.05) is 5.43 Å². The average Bonchev–Trinajstić information content (AvgIpc) is 2.59. The van der Waals surface area contributed by atoms with Gasteiger partial charge in [0.25, 0.3) is 0 Å². The van der Waals surface area contributed by atoms with E-state index in [1.165, 1.54) is 18.2 Å². The summed E-state index contributed by atoms with van der Waals surface area (Å²) in [6.07, 6.45) is -5.23. The predicted molar refractivity (Wildman–Crippen MR) is 87.7 cm³/mol. The summed E-state index contributed by atoms with van der Waals surface area (Å²) in [5.41, 5.74) is 1.99. The Morgan fingerprint density at radius 2 is 1.81 bits per heavy atom. The molecule has 142 valence electrons. The van der Waals surface area contributed by atoms with E-state index in [1.807, 2.05) is 5.43 Å². The fourth-order valence-electron chi connectivity index (χ4n) is 1.78. The maximum Gasteiger partial charge on any atom is 0.471 e. The van der Waals surface area contributed by atoms with Crippen LogP contribution < -0.4 is 5.43 Å². The minimum Gasteiger partial charge on any atom is -0.351 e. The number of rotatable bonds is 4. The molecule has 0 heterocycles. The molecule has 0 bridgehead atoms. The highest BCUT2D eigenvalue weighted by atomic mass is 32.2. The van der Waals surface area contributed by atoms with Gasteiger partial charge in [0, 0.05) is 0 Å². The number of nitrogens with zero attached hydrogens (tertiary/aromatic N) is 2. The molecule has 0 aliphatic rings. The number of hydrogen-bond donors (Lipinski definition) is 1. The number of hydrogen-bond acceptors (Lipinski definition) is 6. The highest BCUT2D eigenvalue weighted by molar-refractivity contribution is 7.87. The minimum absolute atomic E-state index is 0.175. The van der Waals surface area contributed by atoms with Gasteiger partial charge < -0.3 is 4.18 Å². The molecule has 0 saturated carbocycles. The molecule has 0 unspecified atom stereocenters. The molecule has 0 aromatic heterocycles. The Kier molecular flexibility index (Phi) is 5.70. The maximum absolute atomic E-state index is 13.2. The van der Waals surface area contributed by atoms with Crippen LogP contribution in [-0.2, 0) is 14.3 Å². The molecule has 0 atom stereocenters. The third-order valence-electron chi connectivity index (χ3n) is 3.11. The first-order valence-corrected chi connectivity index (χ1v) is 8.55. The fraction of sp³-hybridized carbons (Fsp3) is 0.125. The van der Waals surface area contributed by atoms with Crippen LogP contribution in [0.2, 0.25) is 0 Å². The first-order valence-electron chi connectivity index (χ1n) is 7.14. The predicted octanol–water partition coefficient (Wildman–Crippen LogP) is 3.70. The maximum atomic E-state index is 13.2. The molecule has 2 aromatic carbocycles. The van der Waals surface area contributed by atoms with Crippen LogP contribution in [0.1, 0.15) is 11.1 Å². The number of aryl methyl sites for hydroxylation is 1. The topological polar surface area (TPSA) is 91.6 Å². The van der Waals surface area contributed by atoms with Crippen molar-refractivity contribution in [2.45, 2.75) is 18.0 Å². The number of halogens is 4. The Bertz CT molecular complexity index is 1010. The minimum atomic E-state index is -5.23. The molecule has 0 saturated heterocycles. The van der Waals surface area contributed by atoms with E-state index >= 15 is 0 Å². The number of benzene rings is 2. The zero-order valence-electron chi connectivity index (χ0n) is 13.6. The van der Waals surface area contributed by atoms with Gasteiger partial charge in [0.05, 0.1) is 11.3 Å². The molecule has 0 radical (unpaired) electrons. The molecule has 1 N–H and O–H groups in total. The second kappa shape index (κ2) is 7.63. The second-order valence-electron chi connectivity index (χ2n) is 5.18. The van der Waals surface area contributed by atoms with Crippen molar-refractivity contribution in [1.29, 1.82) is 5.26 Å². The summed E-state index contributed by atoms with van der Waals surface area (Å²) in [4.78, 5) is -0.487. The smallest absolute Gasteiger partial charge is 0.351 e. The summed E-state index contributed by atoms with van der Waals surface area (Å²) in [5.74, 6) is -2.95. The molecule has 6 nitrogen and oxygen atoms in total. The Labute approximate surface area is 151 Å². The van der Waals surface area contributed by atoms with Crippen molar-refractivity contribution in [3.8, 4) is 6.07 Å². The summed E-state index contributed by atoms with van der Waals surface area (Å²) < 4.78 is 80.6. The van der Waals surface area contributed by atoms with Crippen LogP contribution in [0.3, 0.4) is 0 Å². The van der Waals surface area contributed by atoms with Crippen molar-refractivity contribution >= 4 is 21.7 Å². The van der Waals surface area contributed by atoms with Gasteiger partial charge in [-0.25, -0.2) is 4.39 Å². The van der Waals surface area contributed by atoms with E-state index in [4.69, 9.17) is 5.26 Å².